The Balaban J connectivity index is 0.000000143. The lowest BCUT2D eigenvalue weighted by Crippen LogP contribution is -2.50. The summed E-state index contributed by atoms with van der Waals surface area (Å²) in [5.41, 5.74) is 6.33. The second kappa shape index (κ2) is 28.5. The fourth-order valence-electron chi connectivity index (χ4n) is 12.8. The number of rotatable bonds is 15. The van der Waals surface area contributed by atoms with Crippen molar-refractivity contribution in [3.63, 3.8) is 0 Å². The number of hydrogen-bond acceptors (Lipinski definition) is 7. The molecule has 0 unspecified atom stereocenters. The maximum Gasteiger partial charge on any atom is 0.267 e. The number of nitrogens with one attached hydrogen (secondary N) is 3. The molecule has 3 aromatic heterocycles. The van der Waals surface area contributed by atoms with Gasteiger partial charge in [-0.2, -0.15) is 0 Å². The maximum absolute atomic E-state index is 12.7. The molecule has 3 aliphatic rings. The van der Waals surface area contributed by atoms with Gasteiger partial charge in [0.25, 0.3) is 17.7 Å². The van der Waals surface area contributed by atoms with Crippen LogP contribution in [0.1, 0.15) is 123 Å². The third-order valence-corrected chi connectivity index (χ3v) is 22.3. The van der Waals surface area contributed by atoms with Crippen molar-refractivity contribution < 1.29 is 32.6 Å². The lowest BCUT2D eigenvalue weighted by atomic mass is 9.92. The van der Waals surface area contributed by atoms with Crippen molar-refractivity contribution in [3.05, 3.63) is 193 Å². The van der Waals surface area contributed by atoms with E-state index in [1.54, 1.807) is 0 Å². The van der Waals surface area contributed by atoms with Crippen LogP contribution >= 0.6 is 57.2 Å². The lowest BCUT2D eigenvalue weighted by Gasteiger charge is -2.40. The number of carbonyl (C=O) groups is 3. The molecule has 3 amide bonds. The number of amides is 3. The van der Waals surface area contributed by atoms with E-state index in [9.17, 15) is 14.4 Å². The number of halogens is 2. The number of hydrogen-bond donors (Lipinski definition) is 3. The predicted molar refractivity (Wildman–Crippen MR) is 364 cm³/mol. The molecular weight excluding hydrogens is 1170 g/mol. The van der Waals surface area contributed by atoms with Gasteiger partial charge in [-0.15, -0.1) is 34.0 Å². The molecule has 1 aliphatic heterocycles. The van der Waals surface area contributed by atoms with Gasteiger partial charge >= 0.3 is 0 Å². The van der Waals surface area contributed by atoms with E-state index in [1.807, 2.05) is 109 Å². The Hall–Kier alpha value is -5.97. The van der Waals surface area contributed by atoms with E-state index in [-0.39, 0.29) is 17.7 Å². The molecule has 0 radical (unpaired) electrons. The Kier molecular flexibility index (Phi) is 20.9. The Morgan fingerprint density at radius 3 is 1.16 bits per heavy atom. The standard InChI is InChI=1S/C24H27ClN2OS.C24H28N2OS.C23H25ClN2O2S/c1-27(2,19-8-4-3-5-9-19)16-17-12-14-18(15-13-17)26-24(28)23-22(25)20-10-6-7-11-21(20)29-23;1-26(2,21-9-4-3-5-10-21)17-18-12-14-20(15-13-18)25-24(27)23-16-19-8-6-7-11-22(19)28-23;1-26(2,18-11-13-28-14-12-18)15-16-7-9-17(10-8-16)25-23(27)22-21(24)19-5-3-4-6-20(19)29-22/h6-7,10-15,19H,3-5,8-9,16H2,1-2H3;6-8,11-16,21H,3-5,9-10,17H2,1-2H3;3-10,18H,11-15H2,1-2H3/p+3. The zero-order chi connectivity index (χ0) is 60.4. The van der Waals surface area contributed by atoms with Gasteiger partial charge in [0.2, 0.25) is 0 Å². The molecule has 9 aromatic rings. The van der Waals surface area contributed by atoms with Crippen LogP contribution in [-0.2, 0) is 24.4 Å². The van der Waals surface area contributed by atoms with Crippen molar-refractivity contribution in [3.8, 4) is 0 Å². The Labute approximate surface area is 530 Å². The topological polar surface area (TPSA) is 96.5 Å². The molecule has 86 heavy (non-hydrogen) atoms. The van der Waals surface area contributed by atoms with Crippen molar-refractivity contribution >= 4 is 122 Å². The van der Waals surface area contributed by atoms with Gasteiger partial charge < -0.3 is 34.1 Å². The Morgan fingerprint density at radius 1 is 0.430 bits per heavy atom. The first-order chi connectivity index (χ1) is 41.4. The smallest absolute Gasteiger partial charge is 0.267 e. The van der Waals surface area contributed by atoms with E-state index >= 15 is 0 Å². The van der Waals surface area contributed by atoms with Gasteiger partial charge in [-0.3, -0.25) is 14.4 Å². The predicted octanol–water partition coefficient (Wildman–Crippen LogP) is 18.3. The van der Waals surface area contributed by atoms with Crippen molar-refractivity contribution in [1.29, 1.82) is 0 Å². The zero-order valence-corrected chi connectivity index (χ0v) is 54.6. The van der Waals surface area contributed by atoms with E-state index in [1.165, 1.54) is 115 Å². The summed E-state index contributed by atoms with van der Waals surface area (Å²) in [5, 5.41) is 13.0. The molecule has 0 atom stereocenters. The minimum atomic E-state index is -0.165. The van der Waals surface area contributed by atoms with Gasteiger partial charge in [0.1, 0.15) is 29.4 Å². The largest absolute Gasteiger partial charge is 0.381 e. The first kappa shape index (κ1) is 63.1. The average Bonchev–Trinajstić information content (AvgIpc) is 3.99. The van der Waals surface area contributed by atoms with Crippen LogP contribution in [0, 0.1) is 0 Å². The van der Waals surface area contributed by atoms with Crippen LogP contribution in [0.2, 0.25) is 10.0 Å². The van der Waals surface area contributed by atoms with Crippen molar-refractivity contribution in [2.45, 2.75) is 115 Å². The Bertz CT molecular complexity index is 3540. The molecule has 4 heterocycles. The van der Waals surface area contributed by atoms with Crippen molar-refractivity contribution in [2.75, 3.05) is 71.5 Å². The fraction of sp³-hybridized carbons (Fsp3) is 0.366. The normalized spacial score (nSPS) is 15.6. The van der Waals surface area contributed by atoms with Gasteiger partial charge in [0.05, 0.1) is 88.5 Å². The molecule has 12 rings (SSSR count). The molecular formula is C71H83Cl2N6O4S3+3. The summed E-state index contributed by atoms with van der Waals surface area (Å²) in [4.78, 5) is 39.9. The highest BCUT2D eigenvalue weighted by Crippen LogP contribution is 2.38. The minimum Gasteiger partial charge on any atom is -0.381 e. The average molecular weight is 1250 g/mol. The minimum absolute atomic E-state index is 0.0349. The van der Waals surface area contributed by atoms with Crippen LogP contribution in [-0.4, -0.2) is 105 Å². The van der Waals surface area contributed by atoms with Gasteiger partial charge in [-0.1, -0.05) is 127 Å². The molecule has 6 aromatic carbocycles. The van der Waals surface area contributed by atoms with Crippen LogP contribution < -0.4 is 16.0 Å². The molecule has 10 nitrogen and oxygen atoms in total. The van der Waals surface area contributed by atoms with E-state index in [4.69, 9.17) is 27.9 Å². The van der Waals surface area contributed by atoms with Crippen LogP contribution in [0.15, 0.2) is 152 Å². The van der Waals surface area contributed by atoms with Gasteiger partial charge in [-0.05, 0) is 117 Å². The van der Waals surface area contributed by atoms with Crippen molar-refractivity contribution in [2.24, 2.45) is 0 Å². The van der Waals surface area contributed by atoms with Crippen molar-refractivity contribution in [1.82, 2.24) is 0 Å². The van der Waals surface area contributed by atoms with Gasteiger partial charge in [0.15, 0.2) is 0 Å². The molecule has 3 N–H and O–H groups in total. The molecule has 0 spiro atoms. The van der Waals surface area contributed by atoms with Crippen LogP contribution in [0.5, 0.6) is 0 Å². The van der Waals surface area contributed by atoms with Crippen LogP contribution in [0.3, 0.4) is 0 Å². The second-order valence-corrected chi connectivity index (χ2v) is 29.3. The van der Waals surface area contributed by atoms with E-state index < -0.39 is 0 Å². The summed E-state index contributed by atoms with van der Waals surface area (Å²) >= 11 is 17.3. The SMILES string of the molecule is C[N+](C)(Cc1ccc(NC(=O)c2cc3ccccc3s2)cc1)C1CCCCC1.C[N+](C)(Cc1ccc(NC(=O)c2sc3ccccc3c2Cl)cc1)C1CCCCC1.C[N+](C)(Cc1ccc(NC(=O)c2sc3ccccc3c2Cl)cc1)C1CCOCC1. The number of nitrogens with zero attached hydrogens (tertiary/aromatic N) is 3. The molecule has 0 bridgehead atoms. The summed E-state index contributed by atoms with van der Waals surface area (Å²) < 4.78 is 11.7. The zero-order valence-electron chi connectivity index (χ0n) is 50.6. The Morgan fingerprint density at radius 2 is 0.779 bits per heavy atom. The molecule has 1 saturated heterocycles. The van der Waals surface area contributed by atoms with E-state index in [2.05, 4.69) is 101 Å². The molecule has 2 aliphatic carbocycles. The van der Waals surface area contributed by atoms with Gasteiger partial charge in [-0.25, -0.2) is 0 Å². The summed E-state index contributed by atoms with van der Waals surface area (Å²) in [6.45, 7) is 4.73. The molecule has 3 fully saturated rings. The lowest BCUT2D eigenvalue weighted by molar-refractivity contribution is -0.929. The molecule has 450 valence electrons. The highest BCUT2D eigenvalue weighted by atomic mass is 35.5. The summed E-state index contributed by atoms with van der Waals surface area (Å²) in [5.74, 6) is -0.350. The number of ether oxygens (including phenoxy) is 1. The number of carbonyl (C=O) groups excluding carboxylic acids is 3. The first-order valence-corrected chi connectivity index (χ1v) is 33.7. The van der Waals surface area contributed by atoms with Crippen LogP contribution in [0.4, 0.5) is 17.1 Å². The number of thiophene rings is 3. The first-order valence-electron chi connectivity index (χ1n) is 30.5. The summed E-state index contributed by atoms with van der Waals surface area (Å²) in [7, 11) is 14.0. The summed E-state index contributed by atoms with van der Waals surface area (Å²) in [6, 6.07) is 52.6. The van der Waals surface area contributed by atoms with Gasteiger partial charge in [0, 0.05) is 71.5 Å². The van der Waals surface area contributed by atoms with Crippen LogP contribution in [0.25, 0.3) is 30.3 Å². The molecule has 2 saturated carbocycles. The highest BCUT2D eigenvalue weighted by Gasteiger charge is 2.33. The van der Waals surface area contributed by atoms with E-state index in [0.29, 0.717) is 25.8 Å². The summed E-state index contributed by atoms with van der Waals surface area (Å²) in [6.07, 6.45) is 15.8. The van der Waals surface area contributed by atoms with E-state index in [0.717, 1.165) is 123 Å². The quantitative estimate of drug-likeness (QED) is 0.0891. The number of anilines is 3. The second-order valence-electron chi connectivity index (χ2n) is 25.3. The number of quaternary nitrogens is 3. The number of benzene rings is 6. The number of fused-ring (bicyclic) bond motifs is 3. The third kappa shape index (κ3) is 16.0. The molecule has 15 heteroatoms. The third-order valence-electron chi connectivity index (χ3n) is 17.8. The maximum atomic E-state index is 12.7. The fourth-order valence-corrected chi connectivity index (χ4v) is 16.6. The highest BCUT2D eigenvalue weighted by molar-refractivity contribution is 7.22. The monoisotopic (exact) mass is 1250 g/mol.